The largest absolute Gasteiger partial charge is 0.417 e. The SMILES string of the molecule is C#CCCCC(=O)c1cc(F)ccc1C(F)(F)F. The zero-order chi connectivity index (χ0) is 13.8. The first kappa shape index (κ1) is 14.2. The number of hydrogen-bond donors (Lipinski definition) is 0. The predicted octanol–water partition coefficient (Wildman–Crippen LogP) is 3.83. The third-order valence-corrected chi connectivity index (χ3v) is 2.31. The number of rotatable bonds is 4. The molecule has 0 saturated carbocycles. The van der Waals surface area contributed by atoms with Crippen molar-refractivity contribution in [2.24, 2.45) is 0 Å². The second-order valence-electron chi connectivity index (χ2n) is 3.67. The average molecular weight is 258 g/mol. The highest BCUT2D eigenvalue weighted by Crippen LogP contribution is 2.33. The van der Waals surface area contributed by atoms with Gasteiger partial charge in [0.05, 0.1) is 5.56 Å². The summed E-state index contributed by atoms with van der Waals surface area (Å²) in [6.07, 6.45) is 0.746. The van der Waals surface area contributed by atoms with Gasteiger partial charge in [0, 0.05) is 18.4 Å². The molecule has 0 aliphatic heterocycles. The van der Waals surface area contributed by atoms with Gasteiger partial charge in [0.1, 0.15) is 5.82 Å². The zero-order valence-corrected chi connectivity index (χ0v) is 9.35. The van der Waals surface area contributed by atoms with E-state index in [1.165, 1.54) is 0 Å². The molecule has 1 aromatic rings. The Labute approximate surface area is 102 Å². The minimum atomic E-state index is -4.68. The van der Waals surface area contributed by atoms with Crippen molar-refractivity contribution >= 4 is 5.78 Å². The van der Waals surface area contributed by atoms with Gasteiger partial charge in [-0.3, -0.25) is 4.79 Å². The lowest BCUT2D eigenvalue weighted by molar-refractivity contribution is -0.137. The summed E-state index contributed by atoms with van der Waals surface area (Å²) in [5, 5.41) is 0. The fourth-order valence-electron chi connectivity index (χ4n) is 1.48. The number of halogens is 4. The van der Waals surface area contributed by atoms with Crippen LogP contribution in [0.5, 0.6) is 0 Å². The molecule has 0 N–H and O–H groups in total. The van der Waals surface area contributed by atoms with Crippen molar-refractivity contribution in [2.45, 2.75) is 25.4 Å². The summed E-state index contributed by atoms with van der Waals surface area (Å²) < 4.78 is 50.8. The van der Waals surface area contributed by atoms with E-state index in [-0.39, 0.29) is 12.8 Å². The number of carbonyl (C=O) groups is 1. The Morgan fingerprint density at radius 1 is 1.33 bits per heavy atom. The summed E-state index contributed by atoms with van der Waals surface area (Å²) in [6, 6.07) is 1.87. The molecule has 0 amide bonds. The molecular formula is C13H10F4O. The normalized spacial score (nSPS) is 11.1. The third kappa shape index (κ3) is 3.59. The van der Waals surface area contributed by atoms with Crippen molar-refractivity contribution in [1.29, 1.82) is 0 Å². The molecule has 0 spiro atoms. The molecule has 0 aliphatic carbocycles. The molecule has 0 aromatic heterocycles. The topological polar surface area (TPSA) is 17.1 Å². The van der Waals surface area contributed by atoms with Crippen molar-refractivity contribution in [3.05, 3.63) is 35.1 Å². The van der Waals surface area contributed by atoms with E-state index in [0.29, 0.717) is 24.6 Å². The van der Waals surface area contributed by atoms with Crippen LogP contribution in [-0.2, 0) is 6.18 Å². The second-order valence-corrected chi connectivity index (χ2v) is 3.67. The van der Waals surface area contributed by atoms with E-state index in [1.807, 2.05) is 0 Å². The Hall–Kier alpha value is -1.83. The average Bonchev–Trinajstić information content (AvgIpc) is 2.27. The van der Waals surface area contributed by atoms with E-state index < -0.39 is 28.9 Å². The van der Waals surface area contributed by atoms with Crippen LogP contribution in [0.1, 0.15) is 35.2 Å². The number of Topliss-reactive ketones (excluding diaryl/α,β-unsaturated/α-hetero) is 1. The van der Waals surface area contributed by atoms with Crippen molar-refractivity contribution in [2.75, 3.05) is 0 Å². The van der Waals surface area contributed by atoms with Gasteiger partial charge in [-0.05, 0) is 24.6 Å². The third-order valence-electron chi connectivity index (χ3n) is 2.31. The number of benzene rings is 1. The van der Waals surface area contributed by atoms with Gasteiger partial charge < -0.3 is 0 Å². The first-order chi connectivity index (χ1) is 8.36. The van der Waals surface area contributed by atoms with Crippen LogP contribution in [0.25, 0.3) is 0 Å². The number of terminal acetylenes is 1. The molecule has 1 nitrogen and oxygen atoms in total. The van der Waals surface area contributed by atoms with Crippen LogP contribution in [-0.4, -0.2) is 5.78 Å². The number of hydrogen-bond acceptors (Lipinski definition) is 1. The zero-order valence-electron chi connectivity index (χ0n) is 9.35. The van der Waals surface area contributed by atoms with Crippen LogP contribution in [0.3, 0.4) is 0 Å². The highest BCUT2D eigenvalue weighted by molar-refractivity contribution is 5.97. The maximum absolute atomic E-state index is 12.9. The molecule has 1 rings (SSSR count). The first-order valence-corrected chi connectivity index (χ1v) is 5.19. The first-order valence-electron chi connectivity index (χ1n) is 5.19. The van der Waals surface area contributed by atoms with Crippen molar-refractivity contribution < 1.29 is 22.4 Å². The van der Waals surface area contributed by atoms with Crippen LogP contribution in [0.2, 0.25) is 0 Å². The van der Waals surface area contributed by atoms with Crippen molar-refractivity contribution in [1.82, 2.24) is 0 Å². The molecular weight excluding hydrogens is 248 g/mol. The number of unbranched alkanes of at least 4 members (excludes halogenated alkanes) is 1. The molecule has 96 valence electrons. The van der Waals surface area contributed by atoms with E-state index in [2.05, 4.69) is 5.92 Å². The van der Waals surface area contributed by atoms with Gasteiger partial charge in [0.2, 0.25) is 0 Å². The monoisotopic (exact) mass is 258 g/mol. The maximum atomic E-state index is 12.9. The van der Waals surface area contributed by atoms with E-state index in [4.69, 9.17) is 6.42 Å². The van der Waals surface area contributed by atoms with Crippen LogP contribution < -0.4 is 0 Å². The fourth-order valence-corrected chi connectivity index (χ4v) is 1.48. The maximum Gasteiger partial charge on any atom is 0.417 e. The Bertz CT molecular complexity index is 483. The number of alkyl halides is 3. The van der Waals surface area contributed by atoms with Gasteiger partial charge >= 0.3 is 6.18 Å². The lowest BCUT2D eigenvalue weighted by atomic mass is 9.99. The van der Waals surface area contributed by atoms with Crippen LogP contribution in [0.15, 0.2) is 18.2 Å². The Kier molecular flexibility index (Phi) is 4.49. The lowest BCUT2D eigenvalue weighted by Gasteiger charge is -2.11. The Morgan fingerprint density at radius 2 is 2.00 bits per heavy atom. The van der Waals surface area contributed by atoms with E-state index in [1.54, 1.807) is 0 Å². The summed E-state index contributed by atoms with van der Waals surface area (Å²) in [5.74, 6) is 0.658. The van der Waals surface area contributed by atoms with Gasteiger partial charge in [0.15, 0.2) is 5.78 Å². The molecule has 0 atom stereocenters. The smallest absolute Gasteiger partial charge is 0.294 e. The molecule has 0 heterocycles. The van der Waals surface area contributed by atoms with E-state index in [0.717, 1.165) is 0 Å². The van der Waals surface area contributed by atoms with Crippen LogP contribution in [0, 0.1) is 18.2 Å². The van der Waals surface area contributed by atoms with Gasteiger partial charge in [-0.25, -0.2) is 4.39 Å². The van der Waals surface area contributed by atoms with Crippen LogP contribution in [0.4, 0.5) is 17.6 Å². The predicted molar refractivity (Wildman–Crippen MR) is 58.4 cm³/mol. The molecule has 0 radical (unpaired) electrons. The van der Waals surface area contributed by atoms with Crippen molar-refractivity contribution in [3.63, 3.8) is 0 Å². The van der Waals surface area contributed by atoms with Gasteiger partial charge in [-0.15, -0.1) is 12.3 Å². The minimum Gasteiger partial charge on any atom is -0.294 e. The summed E-state index contributed by atoms with van der Waals surface area (Å²) in [5.41, 5.74) is -1.76. The molecule has 0 fully saturated rings. The molecule has 18 heavy (non-hydrogen) atoms. The van der Waals surface area contributed by atoms with Gasteiger partial charge in [-0.2, -0.15) is 13.2 Å². The number of ketones is 1. The second kappa shape index (κ2) is 5.67. The summed E-state index contributed by atoms with van der Waals surface area (Å²) in [7, 11) is 0. The Morgan fingerprint density at radius 3 is 2.56 bits per heavy atom. The molecule has 0 saturated heterocycles. The molecule has 0 bridgehead atoms. The highest BCUT2D eigenvalue weighted by Gasteiger charge is 2.35. The summed E-state index contributed by atoms with van der Waals surface area (Å²) in [4.78, 5) is 11.6. The minimum absolute atomic E-state index is 0.128. The molecule has 0 unspecified atom stereocenters. The van der Waals surface area contributed by atoms with Gasteiger partial charge in [-0.1, -0.05) is 0 Å². The van der Waals surface area contributed by atoms with E-state index in [9.17, 15) is 22.4 Å². The summed E-state index contributed by atoms with van der Waals surface area (Å²) in [6.45, 7) is 0. The molecule has 0 aliphatic rings. The quantitative estimate of drug-likeness (QED) is 0.347. The van der Waals surface area contributed by atoms with E-state index >= 15 is 0 Å². The lowest BCUT2D eigenvalue weighted by Crippen LogP contribution is -2.13. The summed E-state index contributed by atoms with van der Waals surface area (Å²) >= 11 is 0. The molecule has 1 aromatic carbocycles. The Balaban J connectivity index is 3.03. The van der Waals surface area contributed by atoms with Gasteiger partial charge in [0.25, 0.3) is 0 Å². The standard InChI is InChI=1S/C13H10F4O/c1-2-3-4-5-12(18)10-8-9(14)6-7-11(10)13(15,16)17/h1,6-8H,3-5H2. The number of carbonyl (C=O) groups excluding carboxylic acids is 1. The highest BCUT2D eigenvalue weighted by atomic mass is 19.4. The fraction of sp³-hybridized carbons (Fsp3) is 0.308. The molecule has 5 heteroatoms. The van der Waals surface area contributed by atoms with Crippen molar-refractivity contribution in [3.8, 4) is 12.3 Å². The van der Waals surface area contributed by atoms with Crippen LogP contribution >= 0.6 is 0 Å².